The minimum atomic E-state index is 0.531. The van der Waals surface area contributed by atoms with Gasteiger partial charge in [0.15, 0.2) is 0 Å². The number of hydrazine groups is 1. The van der Waals surface area contributed by atoms with Gasteiger partial charge in [-0.15, -0.1) is 0 Å². The van der Waals surface area contributed by atoms with E-state index in [1.54, 1.807) is 12.1 Å². The molecule has 1 aromatic rings. The van der Waals surface area contributed by atoms with Crippen LogP contribution in [0.4, 0.5) is 5.69 Å². The minimum Gasteiger partial charge on any atom is -0.323 e. The Balaban J connectivity index is 3.21. The lowest BCUT2D eigenvalue weighted by atomic mass is 10.2. The van der Waals surface area contributed by atoms with Gasteiger partial charge in [-0.25, -0.2) is 0 Å². The summed E-state index contributed by atoms with van der Waals surface area (Å²) in [4.78, 5) is 0. The van der Waals surface area contributed by atoms with E-state index in [9.17, 15) is 0 Å². The van der Waals surface area contributed by atoms with Crippen LogP contribution in [-0.4, -0.2) is 0 Å². The average molecular weight is 191 g/mol. The molecule has 60 valence electrons. The maximum atomic E-state index is 5.79. The molecule has 0 aromatic heterocycles. The molecular weight excluding hydrogens is 183 g/mol. The molecule has 0 atom stereocenters. The van der Waals surface area contributed by atoms with Gasteiger partial charge in [0, 0.05) is 5.02 Å². The van der Waals surface area contributed by atoms with Crippen LogP contribution in [0.25, 0.3) is 0 Å². The van der Waals surface area contributed by atoms with E-state index in [1.807, 2.05) is 6.92 Å². The molecule has 0 radical (unpaired) electrons. The van der Waals surface area contributed by atoms with Gasteiger partial charge in [-0.05, 0) is 24.6 Å². The molecule has 0 unspecified atom stereocenters. The van der Waals surface area contributed by atoms with Crippen molar-refractivity contribution in [2.24, 2.45) is 5.84 Å². The molecule has 0 aliphatic rings. The van der Waals surface area contributed by atoms with Crippen LogP contribution in [0.1, 0.15) is 5.56 Å². The molecule has 11 heavy (non-hydrogen) atoms. The van der Waals surface area contributed by atoms with Crippen molar-refractivity contribution >= 4 is 28.9 Å². The fourth-order valence-corrected chi connectivity index (χ4v) is 1.21. The molecule has 0 saturated heterocycles. The number of benzene rings is 1. The van der Waals surface area contributed by atoms with Crippen molar-refractivity contribution in [3.05, 3.63) is 27.7 Å². The molecule has 3 N–H and O–H groups in total. The third kappa shape index (κ3) is 1.77. The third-order valence-electron chi connectivity index (χ3n) is 1.40. The van der Waals surface area contributed by atoms with Crippen molar-refractivity contribution in [3.8, 4) is 0 Å². The van der Waals surface area contributed by atoms with Crippen molar-refractivity contribution in [1.29, 1.82) is 0 Å². The number of hydrogen-bond donors (Lipinski definition) is 2. The summed E-state index contributed by atoms with van der Waals surface area (Å²) in [6.45, 7) is 1.89. The molecule has 0 bridgehead atoms. The molecule has 0 aliphatic heterocycles. The third-order valence-corrected chi connectivity index (χ3v) is 2.12. The van der Waals surface area contributed by atoms with Gasteiger partial charge in [-0.2, -0.15) is 0 Å². The Labute approximate surface area is 75.3 Å². The van der Waals surface area contributed by atoms with E-state index in [-0.39, 0.29) is 0 Å². The lowest BCUT2D eigenvalue weighted by molar-refractivity contribution is 1.33. The van der Waals surface area contributed by atoms with Crippen LogP contribution in [0.15, 0.2) is 12.1 Å². The van der Waals surface area contributed by atoms with E-state index in [0.29, 0.717) is 15.7 Å². The summed E-state index contributed by atoms with van der Waals surface area (Å²) < 4.78 is 0. The summed E-state index contributed by atoms with van der Waals surface area (Å²) in [5.41, 5.74) is 4.11. The Kier molecular flexibility index (Phi) is 2.60. The summed E-state index contributed by atoms with van der Waals surface area (Å²) in [5, 5.41) is 1.18. The Morgan fingerprint density at radius 1 is 1.27 bits per heavy atom. The fraction of sp³-hybridized carbons (Fsp3) is 0.143. The lowest BCUT2D eigenvalue weighted by Crippen LogP contribution is -2.07. The van der Waals surface area contributed by atoms with Crippen LogP contribution < -0.4 is 11.3 Å². The molecule has 4 heteroatoms. The van der Waals surface area contributed by atoms with E-state index in [2.05, 4.69) is 5.43 Å². The Bertz CT molecular complexity index is 273. The zero-order chi connectivity index (χ0) is 8.43. The maximum Gasteiger partial charge on any atom is 0.0675 e. The first-order valence-corrected chi connectivity index (χ1v) is 3.83. The van der Waals surface area contributed by atoms with Crippen molar-refractivity contribution in [2.75, 3.05) is 5.43 Å². The van der Waals surface area contributed by atoms with E-state index in [4.69, 9.17) is 29.0 Å². The zero-order valence-corrected chi connectivity index (χ0v) is 7.50. The second kappa shape index (κ2) is 3.30. The van der Waals surface area contributed by atoms with E-state index in [1.165, 1.54) is 0 Å². The average Bonchev–Trinajstić information content (AvgIpc) is 1.97. The normalized spacial score (nSPS) is 9.82. The van der Waals surface area contributed by atoms with Crippen LogP contribution in [0.5, 0.6) is 0 Å². The summed E-state index contributed by atoms with van der Waals surface area (Å²) >= 11 is 11.6. The highest BCUT2D eigenvalue weighted by molar-refractivity contribution is 6.36. The maximum absolute atomic E-state index is 5.79. The molecule has 1 aromatic carbocycles. The van der Waals surface area contributed by atoms with Crippen molar-refractivity contribution in [1.82, 2.24) is 0 Å². The second-order valence-electron chi connectivity index (χ2n) is 2.23. The Morgan fingerprint density at radius 2 is 1.91 bits per heavy atom. The highest BCUT2D eigenvalue weighted by Crippen LogP contribution is 2.27. The molecule has 0 heterocycles. The Morgan fingerprint density at radius 3 is 2.45 bits per heavy atom. The van der Waals surface area contributed by atoms with Crippen LogP contribution >= 0.6 is 23.2 Å². The first kappa shape index (κ1) is 8.65. The van der Waals surface area contributed by atoms with Gasteiger partial charge in [-0.3, -0.25) is 5.84 Å². The van der Waals surface area contributed by atoms with Gasteiger partial charge in [0.25, 0.3) is 0 Å². The summed E-state index contributed by atoms with van der Waals surface area (Å²) in [6.07, 6.45) is 0. The number of anilines is 1. The quantitative estimate of drug-likeness (QED) is 0.528. The zero-order valence-electron chi connectivity index (χ0n) is 5.99. The largest absolute Gasteiger partial charge is 0.323 e. The van der Waals surface area contributed by atoms with Gasteiger partial charge in [0.05, 0.1) is 10.7 Å². The highest BCUT2D eigenvalue weighted by Gasteiger charge is 2.01. The highest BCUT2D eigenvalue weighted by atomic mass is 35.5. The Hall–Kier alpha value is -0.440. The number of aryl methyl sites for hydroxylation is 1. The van der Waals surface area contributed by atoms with Crippen molar-refractivity contribution in [3.63, 3.8) is 0 Å². The number of nitrogens with one attached hydrogen (secondary N) is 1. The van der Waals surface area contributed by atoms with E-state index < -0.39 is 0 Å². The number of nitrogens with two attached hydrogens (primary N) is 1. The predicted molar refractivity (Wildman–Crippen MR) is 49.0 cm³/mol. The van der Waals surface area contributed by atoms with Gasteiger partial charge in [0.1, 0.15) is 0 Å². The number of nitrogen functional groups attached to an aromatic ring is 1. The smallest absolute Gasteiger partial charge is 0.0675 e. The molecule has 0 spiro atoms. The molecule has 1 rings (SSSR count). The number of rotatable bonds is 1. The first-order valence-electron chi connectivity index (χ1n) is 3.07. The van der Waals surface area contributed by atoms with Crippen LogP contribution in [0, 0.1) is 6.92 Å². The van der Waals surface area contributed by atoms with Crippen molar-refractivity contribution < 1.29 is 0 Å². The SMILES string of the molecule is Cc1cc(NN)c(Cl)cc1Cl. The van der Waals surface area contributed by atoms with Crippen LogP contribution in [0.3, 0.4) is 0 Å². The van der Waals surface area contributed by atoms with Gasteiger partial charge < -0.3 is 5.43 Å². The van der Waals surface area contributed by atoms with Crippen molar-refractivity contribution in [2.45, 2.75) is 6.92 Å². The molecule has 0 aliphatic carbocycles. The molecule has 0 amide bonds. The van der Waals surface area contributed by atoms with Crippen LogP contribution in [0.2, 0.25) is 10.0 Å². The monoisotopic (exact) mass is 190 g/mol. The topological polar surface area (TPSA) is 38.0 Å². The molecule has 2 nitrogen and oxygen atoms in total. The van der Waals surface area contributed by atoms with Crippen LogP contribution in [-0.2, 0) is 0 Å². The predicted octanol–water partition coefficient (Wildman–Crippen LogP) is 2.59. The fourth-order valence-electron chi connectivity index (χ4n) is 0.768. The van der Waals surface area contributed by atoms with E-state index in [0.717, 1.165) is 5.56 Å². The molecular formula is C7H8Cl2N2. The van der Waals surface area contributed by atoms with E-state index >= 15 is 0 Å². The first-order chi connectivity index (χ1) is 5.15. The van der Waals surface area contributed by atoms with Gasteiger partial charge >= 0.3 is 0 Å². The summed E-state index contributed by atoms with van der Waals surface area (Å²) in [5.74, 6) is 5.19. The summed E-state index contributed by atoms with van der Waals surface area (Å²) in [6, 6.07) is 3.46. The number of halogens is 2. The van der Waals surface area contributed by atoms with Gasteiger partial charge in [-0.1, -0.05) is 23.2 Å². The minimum absolute atomic E-state index is 0.531. The molecule has 0 fully saturated rings. The summed E-state index contributed by atoms with van der Waals surface area (Å²) in [7, 11) is 0. The standard InChI is InChI=1S/C7H8Cl2N2/c1-4-2-7(11-10)6(9)3-5(4)8/h2-3,11H,10H2,1H3. The molecule has 0 saturated carbocycles. The lowest BCUT2D eigenvalue weighted by Gasteiger charge is -2.05. The second-order valence-corrected chi connectivity index (χ2v) is 3.04. The number of hydrogen-bond acceptors (Lipinski definition) is 2. The van der Waals surface area contributed by atoms with Gasteiger partial charge in [0.2, 0.25) is 0 Å².